The van der Waals surface area contributed by atoms with Gasteiger partial charge in [-0.2, -0.15) is 0 Å². The van der Waals surface area contributed by atoms with E-state index in [1.54, 1.807) is 28.5 Å². The summed E-state index contributed by atoms with van der Waals surface area (Å²) >= 11 is -1.51. The predicted octanol–water partition coefficient (Wildman–Crippen LogP) is 7.35. The molecule has 1 unspecified atom stereocenters. The molecule has 3 aromatic carbocycles. The summed E-state index contributed by atoms with van der Waals surface area (Å²) in [7, 11) is 0. The van der Waals surface area contributed by atoms with Gasteiger partial charge in [-0.15, -0.1) is 11.3 Å². The fourth-order valence-electron chi connectivity index (χ4n) is 10.2. The molecule has 0 bridgehead atoms. The van der Waals surface area contributed by atoms with E-state index in [1.807, 2.05) is 81.7 Å². The maximum absolute atomic E-state index is 16.1. The third-order valence-electron chi connectivity index (χ3n) is 14.2. The Bertz CT molecular complexity index is 3130. The van der Waals surface area contributed by atoms with E-state index in [1.165, 1.54) is 18.2 Å². The number of hydrogen-bond donors (Lipinski definition) is 2. The first kappa shape index (κ1) is 54.2. The van der Waals surface area contributed by atoms with Gasteiger partial charge in [-0.05, 0) is 78.6 Å². The van der Waals surface area contributed by atoms with Gasteiger partial charge in [0.2, 0.25) is 23.5 Å². The molecule has 9 rings (SSSR count). The van der Waals surface area contributed by atoms with Gasteiger partial charge in [-0.3, -0.25) is 33.1 Å². The molecule has 0 saturated carbocycles. The molecule has 3 aliphatic heterocycles. The third-order valence-corrected chi connectivity index (χ3v) is 15.9. The number of likely N-dealkylation sites (tertiary alicyclic amines) is 1. The first-order valence-corrected chi connectivity index (χ1v) is 27.2. The number of aromatic nitrogens is 3. The van der Waals surface area contributed by atoms with E-state index in [9.17, 15) is 32.3 Å². The molecule has 3 aromatic heterocycles. The quantitative estimate of drug-likeness (QED) is 0.0526. The minimum Gasteiger partial charge on any atom is -0.754 e. The number of benzene rings is 3. The number of alkyl halides is 1. The number of pyridine rings is 1. The Kier molecular flexibility index (Phi) is 16.4. The van der Waals surface area contributed by atoms with Crippen LogP contribution in [-0.4, -0.2) is 144 Å². The number of nitrogens with zero attached hydrogens (tertiary/aromatic N) is 8. The average molecular weight is 1080 g/mol. The summed E-state index contributed by atoms with van der Waals surface area (Å²) in [5.41, 5.74) is 5.08. The summed E-state index contributed by atoms with van der Waals surface area (Å²) in [5.74, 6) is -4.61. The number of carbonyl (C=O) groups excluding carboxylic acids is 4. The lowest BCUT2D eigenvalue weighted by Crippen LogP contribution is -2.59. The first-order valence-electron chi connectivity index (χ1n) is 25.2. The molecule has 0 radical (unpaired) electrons. The number of nitrogens with one attached hydrogen (secondary N) is 2. The van der Waals surface area contributed by atoms with Gasteiger partial charge in [-0.1, -0.05) is 57.2 Å². The van der Waals surface area contributed by atoms with Gasteiger partial charge in [0.15, 0.2) is 5.82 Å². The van der Waals surface area contributed by atoms with E-state index < -0.39 is 69.5 Å². The Morgan fingerprint density at radius 2 is 1.67 bits per heavy atom. The van der Waals surface area contributed by atoms with Gasteiger partial charge in [0.25, 0.3) is 0 Å². The third kappa shape index (κ3) is 11.6. The molecule has 0 aliphatic carbocycles. The van der Waals surface area contributed by atoms with E-state index >= 15 is 8.78 Å². The molecule has 4 atom stereocenters. The first-order chi connectivity index (χ1) is 36.4. The highest BCUT2D eigenvalue weighted by molar-refractivity contribution is 7.80. The van der Waals surface area contributed by atoms with Crippen molar-refractivity contribution >= 4 is 68.5 Å². The van der Waals surface area contributed by atoms with Crippen molar-refractivity contribution in [1.29, 1.82) is 0 Å². The topological polar surface area (TPSA) is 191 Å². The monoisotopic (exact) mass is 1080 g/mol. The fourth-order valence-corrected chi connectivity index (χ4v) is 11.7. The Balaban J connectivity index is 0.790. The van der Waals surface area contributed by atoms with Crippen LogP contribution in [0.25, 0.3) is 32.6 Å². The fraction of sp³-hybridized carbons (Fsp3) is 0.407. The van der Waals surface area contributed by atoms with Crippen LogP contribution < -0.4 is 14.6 Å². The van der Waals surface area contributed by atoms with Gasteiger partial charge in [-0.25, -0.2) is 37.6 Å². The number of aromatic amines is 1. The number of hydrazine groups is 1. The Labute approximate surface area is 445 Å². The molecule has 3 fully saturated rings. The molecule has 2 N–H and O–H groups in total. The van der Waals surface area contributed by atoms with Gasteiger partial charge in [0.1, 0.15) is 35.4 Å². The number of ketones is 1. The maximum atomic E-state index is 16.1. The Morgan fingerprint density at radius 1 is 0.947 bits per heavy atom. The lowest BCUT2D eigenvalue weighted by Gasteiger charge is -2.41. The van der Waals surface area contributed by atoms with E-state index in [4.69, 9.17) is 4.84 Å². The van der Waals surface area contributed by atoms with Crippen molar-refractivity contribution in [2.45, 2.75) is 78.7 Å². The summed E-state index contributed by atoms with van der Waals surface area (Å²) in [4.78, 5) is 80.3. The van der Waals surface area contributed by atoms with Crippen molar-refractivity contribution in [1.82, 2.24) is 40.1 Å². The number of rotatable bonds is 17. The zero-order valence-electron chi connectivity index (χ0n) is 42.9. The van der Waals surface area contributed by atoms with E-state index in [2.05, 4.69) is 30.1 Å². The molecule has 3 aliphatic rings. The lowest BCUT2D eigenvalue weighted by molar-refractivity contribution is -0.215. The number of aryl methyl sites for hydroxylation is 1. The number of fused-ring (bicyclic) bond motifs is 1. The summed E-state index contributed by atoms with van der Waals surface area (Å²) in [5, 5.41) is 5.61. The van der Waals surface area contributed by atoms with Crippen LogP contribution in [0.3, 0.4) is 0 Å². The smallest absolute Gasteiger partial charge is 0.249 e. The highest BCUT2D eigenvalue weighted by Crippen LogP contribution is 2.35. The minimum atomic E-state index is -3.09. The lowest BCUT2D eigenvalue weighted by atomic mass is 9.85. The zero-order valence-corrected chi connectivity index (χ0v) is 44.5. The Morgan fingerprint density at radius 3 is 2.32 bits per heavy atom. The number of amides is 3. The molecule has 6 heterocycles. The number of hydroxylamine groups is 2. The zero-order chi connectivity index (χ0) is 54.0. The van der Waals surface area contributed by atoms with Crippen LogP contribution >= 0.6 is 11.3 Å². The molecule has 76 heavy (non-hydrogen) atoms. The normalized spacial score (nSPS) is 18.3. The van der Waals surface area contributed by atoms with Crippen molar-refractivity contribution in [3.05, 3.63) is 119 Å². The molecular formula is C54H60F3N10O7S2-. The van der Waals surface area contributed by atoms with Crippen molar-refractivity contribution in [3.63, 3.8) is 0 Å². The summed E-state index contributed by atoms with van der Waals surface area (Å²) < 4.78 is 70.4. The molecular weight excluding hydrogens is 1020 g/mol. The van der Waals surface area contributed by atoms with Crippen LogP contribution in [-0.2, 0) is 37.0 Å². The molecule has 402 valence electrons. The summed E-state index contributed by atoms with van der Waals surface area (Å²) in [6.07, 6.45) is 2.77. The van der Waals surface area contributed by atoms with Crippen LogP contribution in [0.1, 0.15) is 74.1 Å². The van der Waals surface area contributed by atoms with Crippen LogP contribution in [0, 0.1) is 24.0 Å². The highest BCUT2D eigenvalue weighted by atomic mass is 32.2. The van der Waals surface area contributed by atoms with E-state index in [0.29, 0.717) is 79.7 Å². The minimum absolute atomic E-state index is 0.0203. The predicted molar refractivity (Wildman–Crippen MR) is 283 cm³/mol. The van der Waals surface area contributed by atoms with E-state index in [-0.39, 0.29) is 43.5 Å². The second kappa shape index (κ2) is 23.0. The van der Waals surface area contributed by atoms with Gasteiger partial charge in [0.05, 0.1) is 46.1 Å². The average Bonchev–Trinajstić information content (AvgIpc) is 4.28. The molecule has 3 amide bonds. The van der Waals surface area contributed by atoms with Crippen molar-refractivity contribution in [2.75, 3.05) is 68.3 Å². The van der Waals surface area contributed by atoms with Gasteiger partial charge < -0.3 is 24.7 Å². The number of anilines is 2. The largest absolute Gasteiger partial charge is 0.754 e. The van der Waals surface area contributed by atoms with Crippen molar-refractivity contribution in [2.24, 2.45) is 5.41 Å². The van der Waals surface area contributed by atoms with Crippen LogP contribution in [0.15, 0.2) is 84.6 Å². The molecule has 3 saturated heterocycles. The van der Waals surface area contributed by atoms with Gasteiger partial charge in [0, 0.05) is 93.9 Å². The summed E-state index contributed by atoms with van der Waals surface area (Å²) in [6.45, 7) is 12.8. The van der Waals surface area contributed by atoms with Gasteiger partial charge >= 0.3 is 0 Å². The van der Waals surface area contributed by atoms with Crippen LogP contribution in [0.4, 0.5) is 24.5 Å². The number of halogens is 3. The second-order valence-corrected chi connectivity index (χ2v) is 22.0. The SMILES string of the molecule is CC(=O)N(OCCN1CCN(c2ccc(-c3cnc4[nH]cc(C(=O)c5c(F)ccc(N(N6CC[C@@H](F)C6)S(=O)[O-])c5F)c4c3)cc2)CC1)[C@H](C(=O)N1CCC[C@H]1C(=O)NCc1ccc(-c2scnc2C)cc1)C(C)(C)C. The molecule has 17 nitrogen and oxygen atoms in total. The number of carbonyl (C=O) groups is 4. The van der Waals surface area contributed by atoms with Crippen LogP contribution in [0.2, 0.25) is 0 Å². The number of H-pyrrole nitrogens is 1. The molecule has 0 spiro atoms. The number of piperazine rings is 1. The maximum Gasteiger partial charge on any atom is 0.249 e. The highest BCUT2D eigenvalue weighted by Gasteiger charge is 2.46. The molecule has 6 aromatic rings. The standard InChI is InChI=1S/C54H61F3N10O7S2/c1-33-49(75-32-61-33)37-10-8-35(9-11-37)28-60-52(70)45-7-6-19-65(45)53(71)50(54(3,4)5)66(34(2)68)74-26-25-62-21-23-63(24-22-62)40-14-12-36(13-15-40)38-27-41-42(30-59-51(41)58-29-38)48(69)46-43(56)16-17-44(47(46)57)67(76(72)73)64-20-18-39(55)31-64/h8-17,27,29-30,32,39,45,50H,6-7,18-26,28,31H2,1-5H3,(H,58,59)(H,60,70)(H,72,73)/p-1/t39-,45+,50-/m1/s1. The second-order valence-electron chi connectivity index (χ2n) is 20.4. The molecule has 22 heteroatoms. The van der Waals surface area contributed by atoms with Crippen molar-refractivity contribution in [3.8, 4) is 21.6 Å². The summed E-state index contributed by atoms with van der Waals surface area (Å²) in [6, 6.07) is 17.5. The number of hydrogen-bond acceptors (Lipinski definition) is 13. The Hall–Kier alpha value is -6.56. The number of thiazole rings is 1. The van der Waals surface area contributed by atoms with E-state index in [0.717, 1.165) is 50.1 Å². The van der Waals surface area contributed by atoms with Crippen LogP contribution in [0.5, 0.6) is 0 Å². The van der Waals surface area contributed by atoms with Crippen molar-refractivity contribution < 1.29 is 45.9 Å².